The molecule has 0 aliphatic rings. The molecule has 0 aliphatic carbocycles. The van der Waals surface area contributed by atoms with E-state index in [-0.39, 0.29) is 12.3 Å². The molecule has 3 aromatic carbocycles. The molecule has 1 atom stereocenters. The Morgan fingerprint density at radius 2 is 1.71 bits per heavy atom. The van der Waals surface area contributed by atoms with E-state index in [0.717, 1.165) is 27.6 Å². The Bertz CT molecular complexity index is 835. The Labute approximate surface area is 142 Å². The number of aliphatic hydroxyl groups excluding tert-OH is 1. The molecule has 24 heavy (non-hydrogen) atoms. The Hall–Kier alpha value is -2.65. The molecule has 0 heterocycles. The lowest BCUT2D eigenvalue weighted by molar-refractivity contribution is -0.116. The molecule has 0 aromatic heterocycles. The molecule has 0 fully saturated rings. The third-order valence-corrected chi connectivity index (χ3v) is 4.17. The highest BCUT2D eigenvalue weighted by atomic mass is 16.3. The number of amides is 1. The normalized spacial score (nSPS) is 12.1. The Balaban J connectivity index is 1.62. The largest absolute Gasteiger partial charge is 0.388 e. The van der Waals surface area contributed by atoms with Gasteiger partial charge >= 0.3 is 0 Å². The van der Waals surface area contributed by atoms with E-state index in [2.05, 4.69) is 5.32 Å². The lowest BCUT2D eigenvalue weighted by atomic mass is 10.0. The molecule has 0 saturated heterocycles. The van der Waals surface area contributed by atoms with E-state index in [9.17, 15) is 9.90 Å². The zero-order chi connectivity index (χ0) is 16.9. The standard InChI is InChI=1S/C21H21NO2/c1-15-9-11-17(12-10-15)20(23)13-14-21(24)22-19-8-4-6-16-5-2-3-7-18(16)19/h2-12,20,23H,13-14H2,1H3,(H,22,24)/t20-/m0/s1. The maximum absolute atomic E-state index is 12.2. The summed E-state index contributed by atoms with van der Waals surface area (Å²) in [4.78, 5) is 12.2. The maximum Gasteiger partial charge on any atom is 0.224 e. The minimum absolute atomic E-state index is 0.0856. The van der Waals surface area contributed by atoms with Gasteiger partial charge in [0.15, 0.2) is 0 Å². The Morgan fingerprint density at radius 3 is 2.50 bits per heavy atom. The van der Waals surface area contributed by atoms with Crippen LogP contribution >= 0.6 is 0 Å². The zero-order valence-electron chi connectivity index (χ0n) is 13.7. The van der Waals surface area contributed by atoms with Crippen molar-refractivity contribution in [1.82, 2.24) is 0 Å². The highest BCUT2D eigenvalue weighted by molar-refractivity contribution is 6.02. The van der Waals surface area contributed by atoms with E-state index in [0.29, 0.717) is 6.42 Å². The zero-order valence-corrected chi connectivity index (χ0v) is 13.7. The van der Waals surface area contributed by atoms with Gasteiger partial charge in [0.25, 0.3) is 0 Å². The SMILES string of the molecule is Cc1ccc([C@@H](O)CCC(=O)Nc2cccc3ccccc23)cc1. The average molecular weight is 319 g/mol. The molecule has 3 rings (SSSR count). The number of rotatable bonds is 5. The first kappa shape index (κ1) is 16.2. The predicted molar refractivity (Wildman–Crippen MR) is 98.0 cm³/mol. The first-order valence-corrected chi connectivity index (χ1v) is 8.16. The molecule has 0 aliphatic heterocycles. The van der Waals surface area contributed by atoms with Crippen molar-refractivity contribution in [3.63, 3.8) is 0 Å². The van der Waals surface area contributed by atoms with Crippen LogP contribution in [0.4, 0.5) is 5.69 Å². The van der Waals surface area contributed by atoms with Crippen molar-refractivity contribution in [3.05, 3.63) is 77.9 Å². The van der Waals surface area contributed by atoms with Crippen LogP contribution in [0.15, 0.2) is 66.7 Å². The van der Waals surface area contributed by atoms with E-state index in [1.54, 1.807) is 0 Å². The Kier molecular flexibility index (Phi) is 4.92. The third kappa shape index (κ3) is 3.81. The van der Waals surface area contributed by atoms with Crippen LogP contribution in [0.5, 0.6) is 0 Å². The van der Waals surface area contributed by atoms with Gasteiger partial charge in [-0.15, -0.1) is 0 Å². The number of benzene rings is 3. The number of nitrogens with one attached hydrogen (secondary N) is 1. The summed E-state index contributed by atoms with van der Waals surface area (Å²) in [6.07, 6.45) is 0.0571. The van der Waals surface area contributed by atoms with E-state index >= 15 is 0 Å². The second-order valence-electron chi connectivity index (χ2n) is 6.04. The summed E-state index contributed by atoms with van der Waals surface area (Å²) < 4.78 is 0. The van der Waals surface area contributed by atoms with Gasteiger partial charge in [-0.25, -0.2) is 0 Å². The van der Waals surface area contributed by atoms with Crippen molar-refractivity contribution in [2.24, 2.45) is 0 Å². The highest BCUT2D eigenvalue weighted by Crippen LogP contribution is 2.24. The maximum atomic E-state index is 12.2. The molecule has 0 unspecified atom stereocenters. The molecule has 0 radical (unpaired) electrons. The van der Waals surface area contributed by atoms with Gasteiger partial charge in [-0.05, 0) is 30.4 Å². The smallest absolute Gasteiger partial charge is 0.224 e. The number of fused-ring (bicyclic) bond motifs is 1. The van der Waals surface area contributed by atoms with Crippen LogP contribution in [-0.2, 0) is 4.79 Å². The fraction of sp³-hybridized carbons (Fsp3) is 0.190. The van der Waals surface area contributed by atoms with Crippen LogP contribution in [-0.4, -0.2) is 11.0 Å². The number of aryl methyl sites for hydroxylation is 1. The highest BCUT2D eigenvalue weighted by Gasteiger charge is 2.11. The van der Waals surface area contributed by atoms with Crippen LogP contribution in [0.25, 0.3) is 10.8 Å². The summed E-state index contributed by atoms with van der Waals surface area (Å²) in [5, 5.41) is 15.3. The molecule has 0 saturated carbocycles. The molecule has 0 bridgehead atoms. The molecule has 0 spiro atoms. The Morgan fingerprint density at radius 1 is 1.00 bits per heavy atom. The molecule has 3 aromatic rings. The van der Waals surface area contributed by atoms with Gasteiger partial charge in [-0.2, -0.15) is 0 Å². The van der Waals surface area contributed by atoms with Crippen LogP contribution in [0.3, 0.4) is 0 Å². The van der Waals surface area contributed by atoms with Crippen molar-refractivity contribution in [3.8, 4) is 0 Å². The van der Waals surface area contributed by atoms with Crippen LogP contribution in [0.2, 0.25) is 0 Å². The van der Waals surface area contributed by atoms with E-state index < -0.39 is 6.10 Å². The predicted octanol–water partition coefficient (Wildman–Crippen LogP) is 4.60. The van der Waals surface area contributed by atoms with Crippen molar-refractivity contribution in [1.29, 1.82) is 0 Å². The fourth-order valence-electron chi connectivity index (χ4n) is 2.77. The van der Waals surface area contributed by atoms with Gasteiger partial charge < -0.3 is 10.4 Å². The summed E-state index contributed by atoms with van der Waals surface area (Å²) in [5.74, 6) is -0.0856. The summed E-state index contributed by atoms with van der Waals surface area (Å²) in [6, 6.07) is 21.5. The number of carbonyl (C=O) groups is 1. The van der Waals surface area contributed by atoms with Crippen molar-refractivity contribution < 1.29 is 9.90 Å². The van der Waals surface area contributed by atoms with E-state index in [1.807, 2.05) is 73.7 Å². The summed E-state index contributed by atoms with van der Waals surface area (Å²) >= 11 is 0. The average Bonchev–Trinajstić information content (AvgIpc) is 2.61. The van der Waals surface area contributed by atoms with Crippen molar-refractivity contribution in [2.75, 3.05) is 5.32 Å². The molecule has 2 N–H and O–H groups in total. The van der Waals surface area contributed by atoms with Gasteiger partial charge in [0.2, 0.25) is 5.91 Å². The minimum Gasteiger partial charge on any atom is -0.388 e. The van der Waals surface area contributed by atoms with E-state index in [4.69, 9.17) is 0 Å². The topological polar surface area (TPSA) is 49.3 Å². The van der Waals surface area contributed by atoms with Gasteiger partial charge in [0, 0.05) is 17.5 Å². The van der Waals surface area contributed by atoms with Crippen LogP contribution < -0.4 is 5.32 Å². The summed E-state index contributed by atoms with van der Waals surface area (Å²) in [5.41, 5.74) is 2.81. The molecular weight excluding hydrogens is 298 g/mol. The number of aliphatic hydroxyl groups is 1. The van der Waals surface area contributed by atoms with Gasteiger partial charge in [0.1, 0.15) is 0 Å². The first-order valence-electron chi connectivity index (χ1n) is 8.16. The molecule has 1 amide bonds. The molecule has 3 nitrogen and oxygen atoms in total. The molecule has 3 heteroatoms. The summed E-state index contributed by atoms with van der Waals surface area (Å²) in [7, 11) is 0. The summed E-state index contributed by atoms with van der Waals surface area (Å²) in [6.45, 7) is 2.01. The third-order valence-electron chi connectivity index (χ3n) is 4.17. The first-order chi connectivity index (χ1) is 11.6. The van der Waals surface area contributed by atoms with Crippen molar-refractivity contribution >= 4 is 22.4 Å². The van der Waals surface area contributed by atoms with Crippen molar-refractivity contribution in [2.45, 2.75) is 25.9 Å². The van der Waals surface area contributed by atoms with Crippen LogP contribution in [0, 0.1) is 6.92 Å². The fourth-order valence-corrected chi connectivity index (χ4v) is 2.77. The second-order valence-corrected chi connectivity index (χ2v) is 6.04. The number of carbonyl (C=O) groups excluding carboxylic acids is 1. The second kappa shape index (κ2) is 7.28. The monoisotopic (exact) mass is 319 g/mol. The molecule has 122 valence electrons. The number of hydrogen-bond donors (Lipinski definition) is 2. The van der Waals surface area contributed by atoms with Gasteiger partial charge in [0.05, 0.1) is 6.10 Å². The number of hydrogen-bond acceptors (Lipinski definition) is 2. The van der Waals surface area contributed by atoms with E-state index in [1.165, 1.54) is 0 Å². The lowest BCUT2D eigenvalue weighted by Crippen LogP contribution is -2.13. The molecular formula is C21H21NO2. The quantitative estimate of drug-likeness (QED) is 0.722. The minimum atomic E-state index is -0.621. The lowest BCUT2D eigenvalue weighted by Gasteiger charge is -2.12. The number of anilines is 1. The van der Waals surface area contributed by atoms with Gasteiger partial charge in [-0.1, -0.05) is 66.2 Å². The van der Waals surface area contributed by atoms with Gasteiger partial charge in [-0.3, -0.25) is 4.79 Å². The van der Waals surface area contributed by atoms with Crippen LogP contribution in [0.1, 0.15) is 30.1 Å².